The van der Waals surface area contributed by atoms with Crippen molar-refractivity contribution in [3.63, 3.8) is 0 Å². The van der Waals surface area contributed by atoms with Crippen molar-refractivity contribution in [3.05, 3.63) is 17.7 Å². The van der Waals surface area contributed by atoms with Crippen molar-refractivity contribution >= 4 is 5.97 Å². The molecule has 1 aromatic heterocycles. The second-order valence-electron chi connectivity index (χ2n) is 4.50. The van der Waals surface area contributed by atoms with Crippen LogP contribution in [0.3, 0.4) is 0 Å². The minimum absolute atomic E-state index is 0.334. The molecule has 1 atom stereocenters. The van der Waals surface area contributed by atoms with Crippen LogP contribution in [0.4, 0.5) is 0 Å². The Balaban J connectivity index is 2.01. The van der Waals surface area contributed by atoms with Crippen LogP contribution in [0, 0.1) is 0 Å². The Morgan fingerprint density at radius 1 is 1.47 bits per heavy atom. The van der Waals surface area contributed by atoms with Gasteiger partial charge in [-0.25, -0.2) is 4.98 Å². The van der Waals surface area contributed by atoms with Gasteiger partial charge in [0.15, 0.2) is 0 Å². The first-order valence-corrected chi connectivity index (χ1v) is 5.55. The quantitative estimate of drug-likeness (QED) is 0.801. The van der Waals surface area contributed by atoms with E-state index in [1.54, 1.807) is 6.20 Å². The van der Waals surface area contributed by atoms with E-state index in [1.165, 1.54) is 12.8 Å². The van der Waals surface area contributed by atoms with Crippen LogP contribution < -0.4 is 0 Å². The molecular weight excluding hydrogens is 192 g/mol. The third-order valence-corrected chi connectivity index (χ3v) is 3.39. The van der Waals surface area contributed by atoms with Crippen molar-refractivity contribution in [1.82, 2.24) is 9.55 Å². The normalized spacial score (nSPS) is 24.9. The molecule has 1 aliphatic carbocycles. The predicted octanol–water partition coefficient (Wildman–Crippen LogP) is 1.72. The number of aliphatic carboxylic acids is 1. The molecule has 1 aromatic rings. The standard InChI is InChI=1S/C11H14N2O2/c14-11(15)8-2-1-5-13-9(8)6-12-10(13)7-3-4-7/h6-8H,1-5H2,(H,14,15). The highest BCUT2D eigenvalue weighted by Crippen LogP contribution is 2.41. The summed E-state index contributed by atoms with van der Waals surface area (Å²) < 4.78 is 2.14. The lowest BCUT2D eigenvalue weighted by atomic mass is 9.96. The number of carbonyl (C=O) groups is 1. The van der Waals surface area contributed by atoms with E-state index in [4.69, 9.17) is 5.11 Å². The molecule has 1 N–H and O–H groups in total. The van der Waals surface area contributed by atoms with Gasteiger partial charge in [0.1, 0.15) is 5.82 Å². The first-order valence-electron chi connectivity index (χ1n) is 5.55. The third-order valence-electron chi connectivity index (χ3n) is 3.39. The molecular formula is C11H14N2O2. The van der Waals surface area contributed by atoms with Crippen molar-refractivity contribution in [2.75, 3.05) is 0 Å². The fraction of sp³-hybridized carbons (Fsp3) is 0.636. The second-order valence-corrected chi connectivity index (χ2v) is 4.50. The largest absolute Gasteiger partial charge is 0.481 e. The van der Waals surface area contributed by atoms with Gasteiger partial charge in [0.25, 0.3) is 0 Å². The molecule has 0 bridgehead atoms. The predicted molar refractivity (Wildman–Crippen MR) is 53.8 cm³/mol. The summed E-state index contributed by atoms with van der Waals surface area (Å²) in [6, 6.07) is 0. The van der Waals surface area contributed by atoms with Crippen LogP contribution in [0.15, 0.2) is 6.20 Å². The van der Waals surface area contributed by atoms with Gasteiger partial charge in [-0.1, -0.05) is 0 Å². The van der Waals surface area contributed by atoms with Crippen LogP contribution in [0.2, 0.25) is 0 Å². The van der Waals surface area contributed by atoms with Gasteiger partial charge in [0, 0.05) is 18.7 Å². The lowest BCUT2D eigenvalue weighted by Crippen LogP contribution is -2.22. The number of rotatable bonds is 2. The monoisotopic (exact) mass is 206 g/mol. The maximum atomic E-state index is 11.1. The number of imidazole rings is 1. The summed E-state index contributed by atoms with van der Waals surface area (Å²) in [4.78, 5) is 15.5. The molecule has 0 saturated heterocycles. The summed E-state index contributed by atoms with van der Waals surface area (Å²) in [7, 11) is 0. The number of nitrogens with zero attached hydrogens (tertiary/aromatic N) is 2. The summed E-state index contributed by atoms with van der Waals surface area (Å²) >= 11 is 0. The van der Waals surface area contributed by atoms with Crippen molar-refractivity contribution in [2.24, 2.45) is 0 Å². The first-order chi connectivity index (χ1) is 7.27. The Morgan fingerprint density at radius 3 is 2.93 bits per heavy atom. The molecule has 2 heterocycles. The van der Waals surface area contributed by atoms with E-state index >= 15 is 0 Å². The van der Waals surface area contributed by atoms with Crippen LogP contribution in [0.25, 0.3) is 0 Å². The molecule has 4 heteroatoms. The average molecular weight is 206 g/mol. The fourth-order valence-corrected chi connectivity index (χ4v) is 2.44. The van der Waals surface area contributed by atoms with Gasteiger partial charge in [-0.2, -0.15) is 0 Å². The molecule has 0 amide bonds. The topological polar surface area (TPSA) is 55.1 Å². The number of carboxylic acids is 1. The van der Waals surface area contributed by atoms with E-state index in [0.29, 0.717) is 5.92 Å². The number of hydrogen-bond donors (Lipinski definition) is 1. The highest BCUT2D eigenvalue weighted by atomic mass is 16.4. The van der Waals surface area contributed by atoms with E-state index in [0.717, 1.165) is 30.9 Å². The number of carboxylic acid groups (broad SMARTS) is 1. The zero-order chi connectivity index (χ0) is 10.4. The fourth-order valence-electron chi connectivity index (χ4n) is 2.44. The van der Waals surface area contributed by atoms with Gasteiger partial charge < -0.3 is 9.67 Å². The van der Waals surface area contributed by atoms with Gasteiger partial charge in [-0.05, 0) is 25.7 Å². The molecule has 1 unspecified atom stereocenters. The first kappa shape index (κ1) is 8.95. The number of fused-ring (bicyclic) bond motifs is 1. The lowest BCUT2D eigenvalue weighted by Gasteiger charge is -2.22. The van der Waals surface area contributed by atoms with E-state index < -0.39 is 5.97 Å². The zero-order valence-corrected chi connectivity index (χ0v) is 8.52. The Bertz CT molecular complexity index is 407. The molecule has 4 nitrogen and oxygen atoms in total. The Labute approximate surface area is 87.9 Å². The van der Waals surface area contributed by atoms with Gasteiger partial charge >= 0.3 is 5.97 Å². The molecule has 1 fully saturated rings. The van der Waals surface area contributed by atoms with Gasteiger partial charge in [-0.3, -0.25) is 4.79 Å². The SMILES string of the molecule is O=C(O)C1CCCn2c1cnc2C1CC1. The summed E-state index contributed by atoms with van der Waals surface area (Å²) in [5, 5.41) is 9.11. The molecule has 1 aliphatic heterocycles. The maximum absolute atomic E-state index is 11.1. The van der Waals surface area contributed by atoms with E-state index in [-0.39, 0.29) is 5.92 Å². The van der Waals surface area contributed by atoms with Crippen molar-refractivity contribution in [2.45, 2.75) is 44.1 Å². The van der Waals surface area contributed by atoms with Gasteiger partial charge in [0.2, 0.25) is 0 Å². The molecule has 3 rings (SSSR count). The van der Waals surface area contributed by atoms with Crippen LogP contribution >= 0.6 is 0 Å². The lowest BCUT2D eigenvalue weighted by molar-refractivity contribution is -0.139. The molecule has 0 aromatic carbocycles. The van der Waals surface area contributed by atoms with Crippen LogP contribution in [0.1, 0.15) is 49.0 Å². The maximum Gasteiger partial charge on any atom is 0.312 e. The van der Waals surface area contributed by atoms with Crippen molar-refractivity contribution in [3.8, 4) is 0 Å². The van der Waals surface area contributed by atoms with Crippen molar-refractivity contribution < 1.29 is 9.90 Å². The number of hydrogen-bond acceptors (Lipinski definition) is 2. The van der Waals surface area contributed by atoms with E-state index in [2.05, 4.69) is 9.55 Å². The Hall–Kier alpha value is -1.32. The average Bonchev–Trinajstić information content (AvgIpc) is 2.97. The third kappa shape index (κ3) is 1.35. The summed E-state index contributed by atoms with van der Waals surface area (Å²) in [6.07, 6.45) is 5.92. The van der Waals surface area contributed by atoms with Crippen LogP contribution in [0.5, 0.6) is 0 Å². The van der Waals surface area contributed by atoms with Crippen LogP contribution in [-0.4, -0.2) is 20.6 Å². The minimum Gasteiger partial charge on any atom is -0.481 e. The summed E-state index contributed by atoms with van der Waals surface area (Å²) in [6.45, 7) is 0.949. The highest BCUT2D eigenvalue weighted by Gasteiger charge is 2.34. The van der Waals surface area contributed by atoms with Gasteiger partial charge in [0.05, 0.1) is 11.6 Å². The Morgan fingerprint density at radius 2 is 2.27 bits per heavy atom. The Kier molecular flexibility index (Phi) is 1.84. The molecule has 0 spiro atoms. The zero-order valence-electron chi connectivity index (χ0n) is 8.52. The van der Waals surface area contributed by atoms with Crippen LogP contribution in [-0.2, 0) is 11.3 Å². The molecule has 2 aliphatic rings. The highest BCUT2D eigenvalue weighted by molar-refractivity contribution is 5.75. The summed E-state index contributed by atoms with van der Waals surface area (Å²) in [5.41, 5.74) is 0.913. The van der Waals surface area contributed by atoms with E-state index in [9.17, 15) is 4.79 Å². The smallest absolute Gasteiger partial charge is 0.312 e. The van der Waals surface area contributed by atoms with E-state index in [1.807, 2.05) is 0 Å². The summed E-state index contributed by atoms with van der Waals surface area (Å²) in [5.74, 6) is 0.680. The molecule has 80 valence electrons. The second kappa shape index (κ2) is 3.08. The number of aromatic nitrogens is 2. The van der Waals surface area contributed by atoms with Gasteiger partial charge in [-0.15, -0.1) is 0 Å². The molecule has 15 heavy (non-hydrogen) atoms. The molecule has 0 radical (unpaired) electrons. The molecule has 1 saturated carbocycles. The van der Waals surface area contributed by atoms with Crippen molar-refractivity contribution in [1.29, 1.82) is 0 Å². The minimum atomic E-state index is -0.710.